The Morgan fingerprint density at radius 1 is 1.38 bits per heavy atom. The van der Waals surface area contributed by atoms with Crippen molar-refractivity contribution in [2.45, 2.75) is 19.8 Å². The number of unbranched alkanes of at least 4 members (excludes halogenated alkanes) is 1. The zero-order chi connectivity index (χ0) is 11.6. The number of hydrogen-bond acceptors (Lipinski definition) is 3. The van der Waals surface area contributed by atoms with Gasteiger partial charge in [0.05, 0.1) is 26.4 Å². The molecule has 0 amide bonds. The molecule has 1 aliphatic heterocycles. The fourth-order valence-corrected chi connectivity index (χ4v) is 1.47. The van der Waals surface area contributed by atoms with Gasteiger partial charge in [0.25, 0.3) is 0 Å². The molecule has 94 valence electrons. The molecule has 0 bridgehead atoms. The van der Waals surface area contributed by atoms with E-state index in [0.29, 0.717) is 19.1 Å². The molecule has 0 atom stereocenters. The lowest BCUT2D eigenvalue weighted by molar-refractivity contribution is 0.0672. The zero-order valence-electron chi connectivity index (χ0n) is 10.2. The molecule has 0 aromatic carbocycles. The van der Waals surface area contributed by atoms with Crippen LogP contribution < -0.4 is 5.73 Å². The van der Waals surface area contributed by atoms with Crippen molar-refractivity contribution in [3.05, 3.63) is 0 Å². The average molecular weight is 229 g/mol. The summed E-state index contributed by atoms with van der Waals surface area (Å²) >= 11 is 0. The third-order valence-electron chi connectivity index (χ3n) is 2.49. The molecule has 1 saturated heterocycles. The quantitative estimate of drug-likeness (QED) is 0.408. The molecule has 0 aromatic heterocycles. The maximum atomic E-state index is 5.85. The summed E-state index contributed by atoms with van der Waals surface area (Å²) in [6.07, 6.45) is 2.28. The molecule has 1 rings (SSSR count). The first-order chi connectivity index (χ1) is 7.84. The first-order valence-electron chi connectivity index (χ1n) is 6.05. The normalized spacial score (nSPS) is 17.8. The predicted octanol–water partition coefficient (Wildman–Crippen LogP) is 0.450. The molecular formula is C11H23N3O2. The standard InChI is InChI=1S/C11H23N3O2/c1-2-3-7-15-8-4-13-11(12)14-5-9-16-10-6-14/h2-10H2,1H3,(H2,12,13). The van der Waals surface area contributed by atoms with Gasteiger partial charge >= 0.3 is 0 Å². The number of aliphatic imine (C=N–C) groups is 1. The van der Waals surface area contributed by atoms with Crippen LogP contribution in [0.1, 0.15) is 19.8 Å². The summed E-state index contributed by atoms with van der Waals surface area (Å²) in [5.41, 5.74) is 5.85. The zero-order valence-corrected chi connectivity index (χ0v) is 10.2. The van der Waals surface area contributed by atoms with Crippen molar-refractivity contribution in [2.75, 3.05) is 46.1 Å². The van der Waals surface area contributed by atoms with Crippen LogP contribution in [0.2, 0.25) is 0 Å². The second kappa shape index (κ2) is 8.35. The molecule has 1 heterocycles. The minimum Gasteiger partial charge on any atom is -0.380 e. The van der Waals surface area contributed by atoms with Crippen molar-refractivity contribution in [1.82, 2.24) is 4.90 Å². The molecule has 16 heavy (non-hydrogen) atoms. The number of morpholine rings is 1. The van der Waals surface area contributed by atoms with Crippen molar-refractivity contribution in [2.24, 2.45) is 10.7 Å². The molecule has 0 saturated carbocycles. The van der Waals surface area contributed by atoms with Crippen LogP contribution in [0.5, 0.6) is 0 Å². The molecule has 2 N–H and O–H groups in total. The van der Waals surface area contributed by atoms with Gasteiger partial charge in [-0.2, -0.15) is 0 Å². The van der Waals surface area contributed by atoms with E-state index in [-0.39, 0.29) is 0 Å². The summed E-state index contributed by atoms with van der Waals surface area (Å²) in [6.45, 7) is 7.43. The van der Waals surface area contributed by atoms with E-state index < -0.39 is 0 Å². The fourth-order valence-electron chi connectivity index (χ4n) is 1.47. The van der Waals surface area contributed by atoms with Crippen LogP contribution in [0.4, 0.5) is 0 Å². The number of nitrogens with zero attached hydrogens (tertiary/aromatic N) is 2. The molecule has 0 aromatic rings. The van der Waals surface area contributed by atoms with Crippen molar-refractivity contribution >= 4 is 5.96 Å². The number of nitrogens with two attached hydrogens (primary N) is 1. The van der Waals surface area contributed by atoms with Crippen molar-refractivity contribution in [3.8, 4) is 0 Å². The van der Waals surface area contributed by atoms with E-state index >= 15 is 0 Å². The number of hydrogen-bond donors (Lipinski definition) is 1. The lowest BCUT2D eigenvalue weighted by Gasteiger charge is -2.27. The molecule has 0 unspecified atom stereocenters. The second-order valence-corrected chi connectivity index (χ2v) is 3.81. The summed E-state index contributed by atoms with van der Waals surface area (Å²) in [5, 5.41) is 0. The molecule has 5 nitrogen and oxygen atoms in total. The Kier molecular flexibility index (Phi) is 6.92. The van der Waals surface area contributed by atoms with E-state index in [4.69, 9.17) is 15.2 Å². The number of ether oxygens (including phenoxy) is 2. The minimum atomic E-state index is 0.613. The molecule has 0 radical (unpaired) electrons. The molecule has 0 spiro atoms. The Balaban J connectivity index is 2.07. The smallest absolute Gasteiger partial charge is 0.191 e. The van der Waals surface area contributed by atoms with Gasteiger partial charge < -0.3 is 20.1 Å². The molecule has 1 fully saturated rings. The molecular weight excluding hydrogens is 206 g/mol. The van der Waals surface area contributed by atoms with Crippen molar-refractivity contribution < 1.29 is 9.47 Å². The molecule has 1 aliphatic rings. The second-order valence-electron chi connectivity index (χ2n) is 3.81. The van der Waals surface area contributed by atoms with Gasteiger partial charge in [-0.15, -0.1) is 0 Å². The largest absolute Gasteiger partial charge is 0.380 e. The van der Waals surface area contributed by atoms with Crippen LogP contribution in [0.15, 0.2) is 4.99 Å². The fraction of sp³-hybridized carbons (Fsp3) is 0.909. The van der Waals surface area contributed by atoms with Crippen molar-refractivity contribution in [3.63, 3.8) is 0 Å². The Bertz CT molecular complexity index is 203. The molecule has 0 aliphatic carbocycles. The van der Waals surface area contributed by atoms with Gasteiger partial charge in [-0.25, -0.2) is 0 Å². The number of rotatable bonds is 6. The van der Waals surface area contributed by atoms with E-state index in [1.165, 1.54) is 6.42 Å². The maximum absolute atomic E-state index is 5.85. The maximum Gasteiger partial charge on any atom is 0.191 e. The van der Waals surface area contributed by atoms with Gasteiger partial charge in [0.15, 0.2) is 5.96 Å². The Hall–Kier alpha value is -0.810. The van der Waals surface area contributed by atoms with Crippen LogP contribution in [0.25, 0.3) is 0 Å². The lowest BCUT2D eigenvalue weighted by atomic mass is 10.4. The monoisotopic (exact) mass is 229 g/mol. The van der Waals surface area contributed by atoms with Crippen molar-refractivity contribution in [1.29, 1.82) is 0 Å². The third kappa shape index (κ3) is 5.32. The number of guanidine groups is 1. The van der Waals surface area contributed by atoms with Crippen LogP contribution in [-0.4, -0.2) is 56.9 Å². The van der Waals surface area contributed by atoms with E-state index in [1.807, 2.05) is 0 Å². The van der Waals surface area contributed by atoms with E-state index in [0.717, 1.165) is 39.3 Å². The summed E-state index contributed by atoms with van der Waals surface area (Å²) in [6, 6.07) is 0. The predicted molar refractivity (Wildman–Crippen MR) is 64.6 cm³/mol. The Morgan fingerprint density at radius 2 is 2.12 bits per heavy atom. The van der Waals surface area contributed by atoms with Gasteiger partial charge in [-0.05, 0) is 6.42 Å². The van der Waals surface area contributed by atoms with Crippen LogP contribution in [0.3, 0.4) is 0 Å². The highest BCUT2D eigenvalue weighted by molar-refractivity contribution is 5.78. The van der Waals surface area contributed by atoms with Crippen LogP contribution >= 0.6 is 0 Å². The highest BCUT2D eigenvalue weighted by Gasteiger charge is 2.11. The van der Waals surface area contributed by atoms with E-state index in [1.54, 1.807) is 0 Å². The first-order valence-corrected chi connectivity index (χ1v) is 6.05. The third-order valence-corrected chi connectivity index (χ3v) is 2.49. The highest BCUT2D eigenvalue weighted by Crippen LogP contribution is 1.96. The van der Waals surface area contributed by atoms with Crippen LogP contribution in [0, 0.1) is 0 Å². The Labute approximate surface area is 97.6 Å². The highest BCUT2D eigenvalue weighted by atomic mass is 16.5. The SMILES string of the molecule is CCCCOCCN=C(N)N1CCOCC1. The van der Waals surface area contributed by atoms with Gasteiger partial charge in [0, 0.05) is 19.7 Å². The molecule has 5 heteroatoms. The van der Waals surface area contributed by atoms with Gasteiger partial charge in [-0.3, -0.25) is 4.99 Å². The minimum absolute atomic E-state index is 0.613. The van der Waals surface area contributed by atoms with Gasteiger partial charge in [0.1, 0.15) is 0 Å². The van der Waals surface area contributed by atoms with Gasteiger partial charge in [0.2, 0.25) is 0 Å². The lowest BCUT2D eigenvalue weighted by Crippen LogP contribution is -2.44. The Morgan fingerprint density at radius 3 is 2.81 bits per heavy atom. The summed E-state index contributed by atoms with van der Waals surface area (Å²) in [4.78, 5) is 6.34. The summed E-state index contributed by atoms with van der Waals surface area (Å²) in [5.74, 6) is 0.613. The summed E-state index contributed by atoms with van der Waals surface area (Å²) in [7, 11) is 0. The van der Waals surface area contributed by atoms with Crippen LogP contribution in [-0.2, 0) is 9.47 Å². The topological polar surface area (TPSA) is 60.1 Å². The summed E-state index contributed by atoms with van der Waals surface area (Å²) < 4.78 is 10.6. The van der Waals surface area contributed by atoms with E-state index in [2.05, 4.69) is 16.8 Å². The first kappa shape index (κ1) is 13.3. The van der Waals surface area contributed by atoms with Gasteiger partial charge in [-0.1, -0.05) is 13.3 Å². The van der Waals surface area contributed by atoms with E-state index in [9.17, 15) is 0 Å². The average Bonchev–Trinajstić information content (AvgIpc) is 2.34.